The Morgan fingerprint density at radius 2 is 1.83 bits per heavy atom. The smallest absolute Gasteiger partial charge is 0.262 e. The Bertz CT molecular complexity index is 920. The lowest BCUT2D eigenvalue weighted by molar-refractivity contribution is -0.119. The highest BCUT2D eigenvalue weighted by atomic mass is 32.2. The zero-order valence-electron chi connectivity index (χ0n) is 17.2. The van der Waals surface area contributed by atoms with Crippen molar-refractivity contribution >= 4 is 28.6 Å². The van der Waals surface area contributed by atoms with E-state index in [1.54, 1.807) is 0 Å². The number of benzene rings is 1. The van der Waals surface area contributed by atoms with Crippen LogP contribution in [0.25, 0.3) is 10.9 Å². The van der Waals surface area contributed by atoms with Gasteiger partial charge in [0.25, 0.3) is 5.56 Å². The number of carbonyl (C=O) groups excluding carboxylic acids is 1. The zero-order valence-corrected chi connectivity index (χ0v) is 18.0. The van der Waals surface area contributed by atoms with Gasteiger partial charge in [0.05, 0.1) is 16.7 Å². The fraction of sp³-hybridized carbons (Fsp3) is 0.609. The molecule has 2 aliphatic rings. The predicted octanol–water partition coefficient (Wildman–Crippen LogP) is 4.69. The van der Waals surface area contributed by atoms with Crippen LogP contribution in [0, 0.1) is 5.92 Å². The van der Waals surface area contributed by atoms with Gasteiger partial charge in [0, 0.05) is 12.1 Å². The summed E-state index contributed by atoms with van der Waals surface area (Å²) in [5.74, 6) is 0.893. The van der Waals surface area contributed by atoms with Gasteiger partial charge in [0.15, 0.2) is 5.16 Å². The summed E-state index contributed by atoms with van der Waals surface area (Å²) in [6.07, 6.45) is 10.3. The van der Waals surface area contributed by atoms with E-state index < -0.39 is 0 Å². The van der Waals surface area contributed by atoms with Gasteiger partial charge >= 0.3 is 0 Å². The molecule has 2 fully saturated rings. The maximum absolute atomic E-state index is 13.3. The number of para-hydroxylation sites is 1. The monoisotopic (exact) mass is 413 g/mol. The van der Waals surface area contributed by atoms with Crippen LogP contribution in [0.4, 0.5) is 0 Å². The van der Waals surface area contributed by atoms with Crippen molar-refractivity contribution in [1.82, 2.24) is 14.9 Å². The third-order valence-corrected chi connectivity index (χ3v) is 7.46. The Morgan fingerprint density at radius 1 is 1.10 bits per heavy atom. The van der Waals surface area contributed by atoms with Gasteiger partial charge in [-0.1, -0.05) is 62.9 Å². The maximum Gasteiger partial charge on any atom is 0.262 e. The molecule has 1 amide bonds. The van der Waals surface area contributed by atoms with Crippen molar-refractivity contribution in [2.45, 2.75) is 82.0 Å². The minimum atomic E-state index is 0.0336. The number of hydrogen-bond acceptors (Lipinski definition) is 4. The molecule has 2 aliphatic carbocycles. The van der Waals surface area contributed by atoms with Crippen LogP contribution in [0.15, 0.2) is 34.2 Å². The van der Waals surface area contributed by atoms with Crippen molar-refractivity contribution in [3.8, 4) is 0 Å². The van der Waals surface area contributed by atoms with Crippen LogP contribution in [0.2, 0.25) is 0 Å². The van der Waals surface area contributed by atoms with E-state index in [4.69, 9.17) is 4.98 Å². The summed E-state index contributed by atoms with van der Waals surface area (Å²) in [7, 11) is 0. The quantitative estimate of drug-likeness (QED) is 0.571. The van der Waals surface area contributed by atoms with Crippen molar-refractivity contribution in [2.75, 3.05) is 5.75 Å². The van der Waals surface area contributed by atoms with Gasteiger partial charge in [0.1, 0.15) is 0 Å². The second kappa shape index (κ2) is 9.33. The molecule has 1 heterocycles. The molecule has 6 heteroatoms. The first-order valence-electron chi connectivity index (χ1n) is 11.1. The van der Waals surface area contributed by atoms with E-state index in [2.05, 4.69) is 12.2 Å². The molecule has 2 atom stereocenters. The number of nitrogens with one attached hydrogen (secondary N) is 1. The average Bonchev–Trinajstić information content (AvgIpc) is 2.75. The molecular weight excluding hydrogens is 382 g/mol. The van der Waals surface area contributed by atoms with Gasteiger partial charge in [-0.05, 0) is 43.7 Å². The van der Waals surface area contributed by atoms with E-state index >= 15 is 0 Å². The maximum atomic E-state index is 13.3. The molecule has 2 aromatic rings. The van der Waals surface area contributed by atoms with E-state index in [1.807, 2.05) is 28.8 Å². The Morgan fingerprint density at radius 3 is 2.62 bits per heavy atom. The topological polar surface area (TPSA) is 64.0 Å². The van der Waals surface area contributed by atoms with Gasteiger partial charge in [-0.3, -0.25) is 14.2 Å². The van der Waals surface area contributed by atoms with E-state index in [-0.39, 0.29) is 23.6 Å². The number of amides is 1. The van der Waals surface area contributed by atoms with Gasteiger partial charge in [-0.15, -0.1) is 0 Å². The molecule has 29 heavy (non-hydrogen) atoms. The summed E-state index contributed by atoms with van der Waals surface area (Å²) < 4.78 is 1.88. The van der Waals surface area contributed by atoms with Crippen LogP contribution in [-0.2, 0) is 4.79 Å². The number of rotatable bonds is 5. The lowest BCUT2D eigenvalue weighted by Crippen LogP contribution is -2.42. The third-order valence-electron chi connectivity index (χ3n) is 6.51. The number of fused-ring (bicyclic) bond motifs is 1. The highest BCUT2D eigenvalue weighted by molar-refractivity contribution is 7.99. The van der Waals surface area contributed by atoms with Crippen molar-refractivity contribution in [3.05, 3.63) is 34.6 Å². The Balaban J connectivity index is 1.55. The average molecular weight is 414 g/mol. The van der Waals surface area contributed by atoms with Crippen molar-refractivity contribution in [2.24, 2.45) is 5.92 Å². The molecule has 4 rings (SSSR count). The van der Waals surface area contributed by atoms with Crippen molar-refractivity contribution in [1.29, 1.82) is 0 Å². The molecule has 1 aromatic carbocycles. The molecule has 0 aliphatic heterocycles. The van der Waals surface area contributed by atoms with Gasteiger partial charge < -0.3 is 5.32 Å². The molecule has 0 unspecified atom stereocenters. The fourth-order valence-electron chi connectivity index (χ4n) is 4.80. The highest BCUT2D eigenvalue weighted by Crippen LogP contribution is 2.31. The van der Waals surface area contributed by atoms with Crippen LogP contribution >= 0.6 is 11.8 Å². The molecule has 0 bridgehead atoms. The van der Waals surface area contributed by atoms with E-state index in [1.165, 1.54) is 37.4 Å². The lowest BCUT2D eigenvalue weighted by Gasteiger charge is -2.29. The van der Waals surface area contributed by atoms with E-state index in [0.29, 0.717) is 27.7 Å². The molecule has 1 aromatic heterocycles. The van der Waals surface area contributed by atoms with Crippen LogP contribution in [-0.4, -0.2) is 27.3 Å². The largest absolute Gasteiger partial charge is 0.352 e. The molecule has 5 nitrogen and oxygen atoms in total. The Labute approximate surface area is 176 Å². The first-order valence-corrected chi connectivity index (χ1v) is 12.1. The minimum absolute atomic E-state index is 0.0336. The summed E-state index contributed by atoms with van der Waals surface area (Å²) in [5.41, 5.74) is 0.750. The third kappa shape index (κ3) is 4.68. The molecule has 0 saturated heterocycles. The fourth-order valence-corrected chi connectivity index (χ4v) is 5.68. The highest BCUT2D eigenvalue weighted by Gasteiger charge is 2.25. The Hall–Kier alpha value is -1.82. The van der Waals surface area contributed by atoms with Crippen LogP contribution in [0.3, 0.4) is 0 Å². The SMILES string of the molecule is C[C@@H]1CCCC[C@H]1NC(=O)CSc1nc2ccccc2c(=O)n1C1CCCCC1. The molecule has 1 N–H and O–H groups in total. The summed E-state index contributed by atoms with van der Waals surface area (Å²) in [6, 6.07) is 8.01. The van der Waals surface area contributed by atoms with E-state index in [9.17, 15) is 9.59 Å². The van der Waals surface area contributed by atoms with Crippen LogP contribution in [0.1, 0.15) is 70.8 Å². The van der Waals surface area contributed by atoms with Gasteiger partial charge in [0.2, 0.25) is 5.91 Å². The summed E-state index contributed by atoms with van der Waals surface area (Å²) in [6.45, 7) is 2.23. The predicted molar refractivity (Wildman–Crippen MR) is 118 cm³/mol. The second-order valence-electron chi connectivity index (χ2n) is 8.60. The number of hydrogen-bond donors (Lipinski definition) is 1. The standard InChI is InChI=1S/C23H31N3O2S/c1-16-9-5-7-13-19(16)24-21(27)15-29-23-25-20-14-8-6-12-18(20)22(28)26(23)17-10-3-2-4-11-17/h6,8,12,14,16-17,19H,2-5,7,9-11,13,15H2,1H3,(H,24,27)/t16-,19-/m1/s1. The number of thioether (sulfide) groups is 1. The molecule has 0 radical (unpaired) electrons. The second-order valence-corrected chi connectivity index (χ2v) is 9.55. The van der Waals surface area contributed by atoms with Crippen molar-refractivity contribution in [3.63, 3.8) is 0 Å². The normalized spacial score (nSPS) is 23.2. The number of carbonyl (C=O) groups is 1. The number of nitrogens with zero attached hydrogens (tertiary/aromatic N) is 2. The molecule has 2 saturated carbocycles. The summed E-state index contributed by atoms with van der Waals surface area (Å²) in [4.78, 5) is 30.7. The summed E-state index contributed by atoms with van der Waals surface area (Å²) >= 11 is 1.41. The summed E-state index contributed by atoms with van der Waals surface area (Å²) in [5, 5.41) is 4.57. The first kappa shape index (κ1) is 20.5. The minimum Gasteiger partial charge on any atom is -0.352 e. The molecule has 0 spiro atoms. The number of aromatic nitrogens is 2. The van der Waals surface area contributed by atoms with Gasteiger partial charge in [-0.2, -0.15) is 0 Å². The molecule has 156 valence electrons. The lowest BCUT2D eigenvalue weighted by atomic mass is 9.86. The zero-order chi connectivity index (χ0) is 20.2. The van der Waals surface area contributed by atoms with Crippen LogP contribution < -0.4 is 10.9 Å². The van der Waals surface area contributed by atoms with Gasteiger partial charge in [-0.25, -0.2) is 4.98 Å². The Kier molecular flexibility index (Phi) is 6.58. The first-order chi connectivity index (χ1) is 14.1. The van der Waals surface area contributed by atoms with Crippen molar-refractivity contribution < 1.29 is 4.79 Å². The van der Waals surface area contributed by atoms with E-state index in [0.717, 1.165) is 32.1 Å². The van der Waals surface area contributed by atoms with Crippen LogP contribution in [0.5, 0.6) is 0 Å². The molecular formula is C23H31N3O2S.